The second-order valence-electron chi connectivity index (χ2n) is 10.3. The Morgan fingerprint density at radius 3 is 2.76 bits per heavy atom. The van der Waals surface area contributed by atoms with Crippen LogP contribution in [-0.2, 0) is 16.6 Å². The maximum Gasteiger partial charge on any atom is 0.174 e. The van der Waals surface area contributed by atoms with Crippen LogP contribution >= 0.6 is 0 Å². The third kappa shape index (κ3) is 2.31. The van der Waals surface area contributed by atoms with Gasteiger partial charge in [0, 0.05) is 30.7 Å². The number of phenols is 1. The van der Waals surface area contributed by atoms with Crippen LogP contribution in [0, 0.1) is 5.92 Å². The highest BCUT2D eigenvalue weighted by Gasteiger charge is 2.76. The number of phenolic OH excluding ortho intramolecular Hbond substituents is 1. The van der Waals surface area contributed by atoms with Crippen molar-refractivity contribution in [1.29, 1.82) is 0 Å². The van der Waals surface area contributed by atoms with E-state index < -0.39 is 17.1 Å². The molecule has 1 aromatic rings. The Morgan fingerprint density at radius 1 is 1.24 bits per heavy atom. The minimum absolute atomic E-state index is 0. The number of aromatic hydroxyl groups is 1. The van der Waals surface area contributed by atoms with Crippen molar-refractivity contribution in [1.82, 2.24) is 0 Å². The number of ether oxygens (including phenoxy) is 1. The smallest absolute Gasteiger partial charge is 0.174 e. The third-order valence-electron chi connectivity index (χ3n) is 9.05. The molecule has 1 unspecified atom stereocenters. The average molecular weight is 511 g/mol. The molecule has 1 saturated heterocycles. The van der Waals surface area contributed by atoms with Crippen LogP contribution in [0.2, 0.25) is 0 Å². The van der Waals surface area contributed by atoms with Gasteiger partial charge in [-0.1, -0.05) is 18.9 Å². The van der Waals surface area contributed by atoms with Crippen molar-refractivity contribution in [2.24, 2.45) is 5.92 Å². The van der Waals surface area contributed by atoms with E-state index in [0.717, 1.165) is 47.5 Å². The number of halogens is 1. The predicted octanol–water partition coefficient (Wildman–Crippen LogP) is -0.546. The molecule has 0 amide bonds. The fourth-order valence-corrected chi connectivity index (χ4v) is 7.83. The van der Waals surface area contributed by atoms with E-state index in [2.05, 4.69) is 7.05 Å². The second kappa shape index (κ2) is 6.33. The maximum absolute atomic E-state index is 12.9. The molecule has 1 aromatic carbocycles. The number of ketones is 1. The van der Waals surface area contributed by atoms with Crippen LogP contribution in [0.3, 0.4) is 0 Å². The fraction of sp³-hybridized carbons (Fsp3) is 0.696. The summed E-state index contributed by atoms with van der Waals surface area (Å²) in [6.45, 7) is 2.09. The Labute approximate surface area is 189 Å². The number of benzene rings is 1. The number of likely N-dealkylation sites (tertiary alicyclic amines) is 1. The van der Waals surface area contributed by atoms with Crippen molar-refractivity contribution >= 4 is 5.78 Å². The Morgan fingerprint density at radius 2 is 2.00 bits per heavy atom. The molecule has 6 heteroatoms. The highest BCUT2D eigenvalue weighted by Crippen LogP contribution is 2.65. The van der Waals surface area contributed by atoms with Gasteiger partial charge in [-0.05, 0) is 30.9 Å². The molecular formula is C23H30INO4. The molecule has 2 heterocycles. The molecule has 0 radical (unpaired) electrons. The Hall–Kier alpha value is -0.860. The topological polar surface area (TPSA) is 66.8 Å². The van der Waals surface area contributed by atoms with Gasteiger partial charge in [0.05, 0.1) is 25.6 Å². The van der Waals surface area contributed by atoms with E-state index in [1.807, 2.05) is 6.07 Å². The zero-order chi connectivity index (χ0) is 19.3. The first-order valence-electron chi connectivity index (χ1n) is 11.0. The molecule has 5 aliphatic rings. The van der Waals surface area contributed by atoms with Gasteiger partial charge in [0.15, 0.2) is 23.4 Å². The zero-order valence-electron chi connectivity index (χ0n) is 17.0. The summed E-state index contributed by atoms with van der Waals surface area (Å²) in [5.41, 5.74) is 0.484. The number of nitrogens with zero attached hydrogens (tertiary/aromatic N) is 1. The molecule has 2 aliphatic heterocycles. The number of aliphatic hydroxyl groups is 1. The maximum atomic E-state index is 12.9. The van der Waals surface area contributed by atoms with E-state index in [1.54, 1.807) is 6.07 Å². The van der Waals surface area contributed by atoms with Gasteiger partial charge in [-0.15, -0.1) is 0 Å². The summed E-state index contributed by atoms with van der Waals surface area (Å²) < 4.78 is 7.02. The number of carbonyl (C=O) groups is 1. The average Bonchev–Trinajstić information content (AvgIpc) is 3.29. The van der Waals surface area contributed by atoms with Crippen molar-refractivity contribution in [3.05, 3.63) is 23.3 Å². The molecule has 2 bridgehead atoms. The summed E-state index contributed by atoms with van der Waals surface area (Å²) in [6.07, 6.45) is 7.08. The first kappa shape index (κ1) is 20.1. The molecule has 2 N–H and O–H groups in total. The van der Waals surface area contributed by atoms with E-state index in [0.29, 0.717) is 18.6 Å². The van der Waals surface area contributed by atoms with Gasteiger partial charge in [-0.3, -0.25) is 4.79 Å². The van der Waals surface area contributed by atoms with Crippen LogP contribution in [0.5, 0.6) is 11.5 Å². The highest BCUT2D eigenvalue weighted by atomic mass is 127. The largest absolute Gasteiger partial charge is 1.00 e. The molecule has 29 heavy (non-hydrogen) atoms. The lowest BCUT2D eigenvalue weighted by Gasteiger charge is -2.64. The number of rotatable bonds is 2. The van der Waals surface area contributed by atoms with Crippen LogP contribution in [-0.4, -0.2) is 58.4 Å². The van der Waals surface area contributed by atoms with Crippen LogP contribution in [0.15, 0.2) is 12.1 Å². The van der Waals surface area contributed by atoms with Crippen LogP contribution in [0.25, 0.3) is 0 Å². The molecule has 5 nitrogen and oxygen atoms in total. The van der Waals surface area contributed by atoms with Gasteiger partial charge in [0.25, 0.3) is 0 Å². The van der Waals surface area contributed by atoms with Gasteiger partial charge < -0.3 is 43.4 Å². The number of piperidine rings is 1. The summed E-state index contributed by atoms with van der Waals surface area (Å²) in [7, 11) is 2.33. The number of hydrogen-bond acceptors (Lipinski definition) is 4. The summed E-state index contributed by atoms with van der Waals surface area (Å²) in [5, 5.41) is 22.7. The number of likely N-dealkylation sites (N-methyl/N-ethyl adjacent to an activating group) is 1. The van der Waals surface area contributed by atoms with E-state index in [4.69, 9.17) is 4.74 Å². The first-order valence-corrected chi connectivity index (χ1v) is 11.0. The predicted molar refractivity (Wildman–Crippen MR) is 103 cm³/mol. The third-order valence-corrected chi connectivity index (χ3v) is 9.05. The zero-order valence-corrected chi connectivity index (χ0v) is 19.2. The highest BCUT2D eigenvalue weighted by molar-refractivity contribution is 5.90. The van der Waals surface area contributed by atoms with Crippen LogP contribution < -0.4 is 28.7 Å². The van der Waals surface area contributed by atoms with Gasteiger partial charge in [0.2, 0.25) is 0 Å². The van der Waals surface area contributed by atoms with E-state index in [1.165, 1.54) is 25.7 Å². The van der Waals surface area contributed by atoms with E-state index in [9.17, 15) is 15.0 Å². The van der Waals surface area contributed by atoms with Crippen molar-refractivity contribution in [3.63, 3.8) is 0 Å². The Balaban J connectivity index is 0.00000181. The Bertz CT molecular complexity index is 884. The lowest BCUT2D eigenvalue weighted by molar-refractivity contribution is -0.951. The number of carbonyl (C=O) groups excluding carboxylic acids is 1. The van der Waals surface area contributed by atoms with Crippen LogP contribution in [0.4, 0.5) is 0 Å². The SMILES string of the molecule is C[N@+]1(CC2CCCC2)CC[C@]23c4c5ccc(O)c4O[C@H]2C(=O)CCC3(O)[C@H]1C5.[I-]. The molecule has 0 aromatic heterocycles. The lowest BCUT2D eigenvalue weighted by Crippen LogP contribution is -3.00. The fourth-order valence-electron chi connectivity index (χ4n) is 7.83. The quantitative estimate of drug-likeness (QED) is 0.414. The molecule has 6 rings (SSSR count). The molecular weight excluding hydrogens is 481 g/mol. The normalized spacial score (nSPS) is 42.2. The van der Waals surface area contributed by atoms with Crippen molar-refractivity contribution in [2.75, 3.05) is 20.1 Å². The van der Waals surface area contributed by atoms with Gasteiger partial charge in [0.1, 0.15) is 11.6 Å². The van der Waals surface area contributed by atoms with Crippen LogP contribution in [0.1, 0.15) is 56.1 Å². The lowest BCUT2D eigenvalue weighted by atomic mass is 9.48. The van der Waals surface area contributed by atoms with Crippen molar-refractivity contribution < 1.29 is 48.2 Å². The van der Waals surface area contributed by atoms with E-state index in [-0.39, 0.29) is 41.6 Å². The summed E-state index contributed by atoms with van der Waals surface area (Å²) in [5.74, 6) is 1.39. The van der Waals surface area contributed by atoms with E-state index >= 15 is 0 Å². The summed E-state index contributed by atoms with van der Waals surface area (Å²) >= 11 is 0. The molecule has 1 spiro atoms. The van der Waals surface area contributed by atoms with Crippen molar-refractivity contribution in [2.45, 2.75) is 74.5 Å². The monoisotopic (exact) mass is 511 g/mol. The number of hydrogen-bond donors (Lipinski definition) is 2. The summed E-state index contributed by atoms with van der Waals surface area (Å²) in [4.78, 5) is 12.9. The van der Waals surface area contributed by atoms with Crippen molar-refractivity contribution in [3.8, 4) is 11.5 Å². The summed E-state index contributed by atoms with van der Waals surface area (Å²) in [6, 6.07) is 3.79. The molecule has 2 saturated carbocycles. The van der Waals surface area contributed by atoms with Gasteiger partial charge in [-0.2, -0.15) is 0 Å². The molecule has 5 atom stereocenters. The minimum atomic E-state index is -0.941. The first-order chi connectivity index (χ1) is 13.4. The van der Waals surface area contributed by atoms with Gasteiger partial charge in [-0.25, -0.2) is 0 Å². The van der Waals surface area contributed by atoms with Gasteiger partial charge >= 0.3 is 0 Å². The number of Topliss-reactive ketones (excluding diaryl/α,β-unsaturated/α-hetero) is 1. The molecule has 3 aliphatic carbocycles. The number of quaternary nitrogens is 1. The molecule has 158 valence electrons. The standard InChI is InChI=1S/C23H29NO4.HI/c1-24(13-14-4-2-3-5-14)11-10-22-19-15-6-7-16(25)20(19)28-21(22)17(26)8-9-23(22,27)18(24)12-15;/h6-7,14,18,21,27H,2-5,8-13H2,1H3;1H/t18-,21+,22+,23?,24-;/m1./s1. The Kier molecular flexibility index (Phi) is 4.38. The molecule has 3 fully saturated rings. The second-order valence-corrected chi connectivity index (χ2v) is 10.3. The minimum Gasteiger partial charge on any atom is -1.00 e.